The molecule has 4 N–H and O–H groups in total. The van der Waals surface area contributed by atoms with Gasteiger partial charge in [-0.05, 0) is 66.4 Å². The van der Waals surface area contributed by atoms with Crippen molar-refractivity contribution in [1.82, 2.24) is 10.3 Å². The summed E-state index contributed by atoms with van der Waals surface area (Å²) in [7, 11) is -7.10. The SMILES string of the molecule is COc1ccccc1NS(=O)(=O)c1cc(C(=O)NNS(=O)(=O)c2ccc3c(c2)CC(C(=O)O)C3)ccc1Cl. The average Bonchev–Trinajstić information content (AvgIpc) is 3.32. The smallest absolute Gasteiger partial charge is 0.307 e. The van der Waals surface area contributed by atoms with Crippen molar-refractivity contribution in [2.75, 3.05) is 11.8 Å². The summed E-state index contributed by atoms with van der Waals surface area (Å²) in [5, 5.41) is 9.05. The number of para-hydroxylation sites is 2. The summed E-state index contributed by atoms with van der Waals surface area (Å²) in [4.78, 5) is 25.3. The van der Waals surface area contributed by atoms with Gasteiger partial charge in [-0.2, -0.15) is 0 Å². The molecule has 3 aromatic rings. The number of hydrazine groups is 1. The predicted molar refractivity (Wildman–Crippen MR) is 138 cm³/mol. The maximum absolute atomic E-state index is 13.0. The third-order valence-corrected chi connectivity index (χ3v) is 9.00. The molecule has 0 aliphatic heterocycles. The average molecular weight is 580 g/mol. The van der Waals surface area contributed by atoms with Crippen LogP contribution in [0.1, 0.15) is 21.5 Å². The Morgan fingerprint density at radius 1 is 0.947 bits per heavy atom. The second-order valence-electron chi connectivity index (χ2n) is 8.38. The van der Waals surface area contributed by atoms with Crippen molar-refractivity contribution in [2.24, 2.45) is 5.92 Å². The number of ether oxygens (including phenoxy) is 1. The van der Waals surface area contributed by atoms with Gasteiger partial charge in [0.2, 0.25) is 0 Å². The van der Waals surface area contributed by atoms with Gasteiger partial charge in [-0.15, -0.1) is 4.83 Å². The molecule has 0 spiro atoms. The van der Waals surface area contributed by atoms with E-state index < -0.39 is 42.7 Å². The highest BCUT2D eigenvalue weighted by Crippen LogP contribution is 2.30. The van der Waals surface area contributed by atoms with Crippen LogP contribution >= 0.6 is 11.6 Å². The largest absolute Gasteiger partial charge is 0.495 e. The van der Waals surface area contributed by atoms with Crippen molar-refractivity contribution in [3.63, 3.8) is 0 Å². The van der Waals surface area contributed by atoms with Crippen LogP contribution in [0.4, 0.5) is 5.69 Å². The minimum Gasteiger partial charge on any atom is -0.495 e. The number of hydrogen-bond donors (Lipinski definition) is 4. The van der Waals surface area contributed by atoms with Gasteiger partial charge in [-0.25, -0.2) is 16.8 Å². The van der Waals surface area contributed by atoms with Crippen molar-refractivity contribution < 1.29 is 36.3 Å². The number of aliphatic carboxylic acids is 1. The fourth-order valence-corrected chi connectivity index (χ4v) is 6.45. The van der Waals surface area contributed by atoms with E-state index >= 15 is 0 Å². The van der Waals surface area contributed by atoms with Crippen LogP contribution in [-0.4, -0.2) is 40.9 Å². The summed E-state index contributed by atoms with van der Waals surface area (Å²) < 4.78 is 59.0. The number of carboxylic acids is 1. The van der Waals surface area contributed by atoms with E-state index in [-0.39, 0.29) is 33.3 Å². The molecule has 14 heteroatoms. The van der Waals surface area contributed by atoms with Gasteiger partial charge in [-0.1, -0.05) is 29.8 Å². The summed E-state index contributed by atoms with van der Waals surface area (Å²) in [6.07, 6.45) is 0.508. The lowest BCUT2D eigenvalue weighted by Crippen LogP contribution is -2.41. The number of carbonyl (C=O) groups excluding carboxylic acids is 1. The van der Waals surface area contributed by atoms with Gasteiger partial charge in [0, 0.05) is 5.56 Å². The Morgan fingerprint density at radius 2 is 1.66 bits per heavy atom. The van der Waals surface area contributed by atoms with Crippen LogP contribution in [0.5, 0.6) is 5.75 Å². The number of carboxylic acid groups (broad SMARTS) is 1. The van der Waals surface area contributed by atoms with E-state index in [9.17, 15) is 31.5 Å². The number of anilines is 1. The first kappa shape index (κ1) is 27.4. The van der Waals surface area contributed by atoms with Crippen LogP contribution in [0.25, 0.3) is 0 Å². The third-order valence-electron chi connectivity index (χ3n) is 5.90. The zero-order valence-electron chi connectivity index (χ0n) is 19.8. The number of hydrogen-bond acceptors (Lipinski definition) is 7. The van der Waals surface area contributed by atoms with Gasteiger partial charge >= 0.3 is 5.97 Å². The summed E-state index contributed by atoms with van der Waals surface area (Å²) in [6, 6.07) is 13.9. The predicted octanol–water partition coefficient (Wildman–Crippen LogP) is 2.57. The van der Waals surface area contributed by atoms with E-state index in [1.165, 1.54) is 37.4 Å². The molecule has 0 saturated carbocycles. The molecule has 4 rings (SSSR count). The molecule has 0 radical (unpaired) electrons. The van der Waals surface area contributed by atoms with Gasteiger partial charge in [0.05, 0.1) is 28.6 Å². The Balaban J connectivity index is 1.50. The number of sulfonamides is 2. The first-order valence-corrected chi connectivity index (χ1v) is 14.4. The lowest BCUT2D eigenvalue weighted by Gasteiger charge is -2.14. The van der Waals surface area contributed by atoms with Crippen LogP contribution < -0.4 is 19.7 Å². The molecule has 0 fully saturated rings. The molecule has 11 nitrogen and oxygen atoms in total. The Labute approximate surface area is 223 Å². The molecule has 3 aromatic carbocycles. The van der Waals surface area contributed by atoms with Crippen molar-refractivity contribution in [3.05, 3.63) is 82.4 Å². The first-order valence-electron chi connectivity index (χ1n) is 11.0. The van der Waals surface area contributed by atoms with Crippen molar-refractivity contribution in [1.29, 1.82) is 0 Å². The van der Waals surface area contributed by atoms with Crippen molar-refractivity contribution >= 4 is 49.2 Å². The van der Waals surface area contributed by atoms with Crippen molar-refractivity contribution in [2.45, 2.75) is 22.6 Å². The minimum atomic E-state index is -4.26. The zero-order valence-corrected chi connectivity index (χ0v) is 22.2. The molecule has 0 heterocycles. The molecule has 1 aliphatic rings. The molecule has 0 aromatic heterocycles. The minimum absolute atomic E-state index is 0.151. The van der Waals surface area contributed by atoms with E-state index in [0.29, 0.717) is 12.0 Å². The number of halogens is 1. The Kier molecular flexibility index (Phi) is 7.65. The van der Waals surface area contributed by atoms with E-state index in [1.54, 1.807) is 24.3 Å². The van der Waals surface area contributed by atoms with Gasteiger partial charge in [0.15, 0.2) is 0 Å². The monoisotopic (exact) mass is 579 g/mol. The third kappa shape index (κ3) is 5.75. The van der Waals surface area contributed by atoms with Crippen LogP contribution in [0.15, 0.2) is 70.5 Å². The van der Waals surface area contributed by atoms with E-state index in [4.69, 9.17) is 16.3 Å². The van der Waals surface area contributed by atoms with Crippen LogP contribution in [0, 0.1) is 5.92 Å². The van der Waals surface area contributed by atoms with Gasteiger partial charge in [-0.3, -0.25) is 19.7 Å². The Morgan fingerprint density at radius 3 is 2.37 bits per heavy atom. The summed E-state index contributed by atoms with van der Waals surface area (Å²) in [5.41, 5.74) is 3.36. The summed E-state index contributed by atoms with van der Waals surface area (Å²) in [6.45, 7) is 0. The van der Waals surface area contributed by atoms with E-state index in [1.807, 2.05) is 10.3 Å². The molecule has 1 unspecified atom stereocenters. The molecule has 1 aliphatic carbocycles. The zero-order chi connectivity index (χ0) is 27.7. The highest BCUT2D eigenvalue weighted by molar-refractivity contribution is 7.92. The highest BCUT2D eigenvalue weighted by atomic mass is 35.5. The fraction of sp³-hybridized carbons (Fsp3) is 0.167. The first-order chi connectivity index (χ1) is 17.9. The highest BCUT2D eigenvalue weighted by Gasteiger charge is 2.29. The number of rotatable bonds is 9. The van der Waals surface area contributed by atoms with Gasteiger partial charge in [0.1, 0.15) is 10.6 Å². The van der Waals surface area contributed by atoms with Crippen LogP contribution in [-0.2, 0) is 37.7 Å². The van der Waals surface area contributed by atoms with E-state index in [2.05, 4.69) is 4.72 Å². The number of fused-ring (bicyclic) bond motifs is 1. The van der Waals surface area contributed by atoms with Crippen LogP contribution in [0.2, 0.25) is 5.02 Å². The normalized spacial score (nSPS) is 14.9. The lowest BCUT2D eigenvalue weighted by atomic mass is 10.1. The molecule has 0 saturated heterocycles. The molecule has 0 bridgehead atoms. The summed E-state index contributed by atoms with van der Waals surface area (Å²) in [5.74, 6) is -2.26. The second kappa shape index (κ2) is 10.6. The molecular weight excluding hydrogens is 558 g/mol. The maximum Gasteiger partial charge on any atom is 0.307 e. The van der Waals surface area contributed by atoms with Gasteiger partial charge < -0.3 is 9.84 Å². The van der Waals surface area contributed by atoms with E-state index in [0.717, 1.165) is 11.6 Å². The second-order valence-corrected chi connectivity index (χ2v) is 12.1. The molecule has 1 atom stereocenters. The lowest BCUT2D eigenvalue weighted by molar-refractivity contribution is -0.141. The molecular formula is C24H22ClN3O8S2. The topological polar surface area (TPSA) is 168 Å². The maximum atomic E-state index is 13.0. The van der Waals surface area contributed by atoms with Crippen LogP contribution in [0.3, 0.4) is 0 Å². The summed E-state index contributed by atoms with van der Waals surface area (Å²) >= 11 is 6.10. The number of methoxy groups -OCH3 is 1. The Bertz CT molecular complexity index is 1640. The van der Waals surface area contributed by atoms with Crippen molar-refractivity contribution in [3.8, 4) is 5.75 Å². The molecule has 1 amide bonds. The number of nitrogens with one attached hydrogen (secondary N) is 3. The molecule has 38 heavy (non-hydrogen) atoms. The van der Waals surface area contributed by atoms with Gasteiger partial charge in [0.25, 0.3) is 26.0 Å². The quantitative estimate of drug-likeness (QED) is 0.280. The Hall–Kier alpha value is -3.65. The number of amides is 1. The standard InChI is InChI=1S/C24H22ClN3O8S2/c1-36-21-5-3-2-4-20(21)27-38(34,35)22-13-15(7-9-19(22)25)23(29)26-28-37(32,33)18-8-6-14-10-17(24(30)31)11-16(14)12-18/h2-9,12-13,17,27-28H,10-11H2,1H3,(H,26,29)(H,30,31). The molecule has 200 valence electrons. The number of benzene rings is 3. The number of carbonyl (C=O) groups is 2. The fourth-order valence-electron chi connectivity index (χ4n) is 3.96.